The number of halogens is 1. The van der Waals surface area contributed by atoms with Crippen LogP contribution in [0.3, 0.4) is 0 Å². The zero-order valence-electron chi connectivity index (χ0n) is 8.22. The van der Waals surface area contributed by atoms with E-state index in [0.717, 1.165) is 0 Å². The van der Waals surface area contributed by atoms with Crippen LogP contribution >= 0.6 is 22.9 Å². The van der Waals surface area contributed by atoms with Gasteiger partial charge in [-0.1, -0.05) is 17.7 Å². The molecule has 0 unspecified atom stereocenters. The Labute approximate surface area is 101 Å². The maximum atomic E-state index is 11.7. The van der Waals surface area contributed by atoms with Gasteiger partial charge in [-0.25, -0.2) is 0 Å². The highest BCUT2D eigenvalue weighted by atomic mass is 35.5. The Balaban J connectivity index is 2.25. The summed E-state index contributed by atoms with van der Waals surface area (Å²) in [5.41, 5.74) is -0.227. The van der Waals surface area contributed by atoms with Crippen LogP contribution in [0.5, 0.6) is 0 Å². The van der Waals surface area contributed by atoms with Gasteiger partial charge in [0.25, 0.3) is 5.56 Å². The van der Waals surface area contributed by atoms with Crippen molar-refractivity contribution in [2.75, 3.05) is 0 Å². The van der Waals surface area contributed by atoms with Crippen molar-refractivity contribution in [3.63, 3.8) is 0 Å². The van der Waals surface area contributed by atoms with Crippen LogP contribution < -0.4 is 5.56 Å². The normalized spacial score (nSPS) is 10.3. The Kier molecular flexibility index (Phi) is 3.22. The number of carbonyl (C=O) groups excluding carboxylic acids is 1. The number of nitrogens with zero attached hydrogens (tertiary/aromatic N) is 1. The lowest BCUT2D eigenvalue weighted by atomic mass is 10.3. The third-order valence-corrected chi connectivity index (χ3v) is 3.19. The lowest BCUT2D eigenvalue weighted by Crippen LogP contribution is -2.22. The molecule has 0 aliphatic carbocycles. The van der Waals surface area contributed by atoms with Crippen molar-refractivity contribution < 1.29 is 4.79 Å². The molecule has 3 nitrogen and oxygen atoms in total. The van der Waals surface area contributed by atoms with E-state index in [9.17, 15) is 9.59 Å². The van der Waals surface area contributed by atoms with Crippen molar-refractivity contribution in [1.82, 2.24) is 4.57 Å². The van der Waals surface area contributed by atoms with Crippen molar-refractivity contribution >= 4 is 28.7 Å². The molecule has 0 N–H and O–H groups in total. The minimum Gasteiger partial charge on any atom is -0.306 e. The molecule has 82 valence electrons. The minimum absolute atomic E-state index is 0.0277. The van der Waals surface area contributed by atoms with Crippen molar-refractivity contribution in [3.8, 4) is 0 Å². The molecule has 16 heavy (non-hydrogen) atoms. The molecule has 2 heterocycles. The third kappa shape index (κ3) is 2.40. The lowest BCUT2D eigenvalue weighted by Gasteiger charge is -2.03. The predicted octanol–water partition coefficient (Wildman–Crippen LogP) is 2.45. The van der Waals surface area contributed by atoms with Crippen LogP contribution in [0.15, 0.2) is 40.6 Å². The molecule has 2 aromatic heterocycles. The molecule has 0 aromatic carbocycles. The molecule has 0 atom stereocenters. The number of Topliss-reactive ketones (excluding diaryl/α,β-unsaturated/α-hetero) is 1. The van der Waals surface area contributed by atoms with Gasteiger partial charge in [0.1, 0.15) is 0 Å². The zero-order chi connectivity index (χ0) is 11.5. The van der Waals surface area contributed by atoms with E-state index in [1.807, 2.05) is 5.38 Å². The Morgan fingerprint density at radius 2 is 2.19 bits per heavy atom. The van der Waals surface area contributed by atoms with Gasteiger partial charge < -0.3 is 4.57 Å². The van der Waals surface area contributed by atoms with Gasteiger partial charge in [-0.05, 0) is 17.5 Å². The molecule has 0 aliphatic heterocycles. The average molecular weight is 254 g/mol. The summed E-state index contributed by atoms with van der Waals surface area (Å²) in [5, 5.41) is 2.27. The van der Waals surface area contributed by atoms with Crippen LogP contribution in [-0.4, -0.2) is 10.4 Å². The van der Waals surface area contributed by atoms with Gasteiger partial charge >= 0.3 is 0 Å². The Bertz CT molecular complexity index is 560. The first-order chi connectivity index (χ1) is 7.66. The number of pyridine rings is 1. The fourth-order valence-electron chi connectivity index (χ4n) is 1.30. The summed E-state index contributed by atoms with van der Waals surface area (Å²) >= 11 is 7.12. The van der Waals surface area contributed by atoms with E-state index < -0.39 is 0 Å². The number of hydrogen-bond donors (Lipinski definition) is 0. The Hall–Kier alpha value is -1.39. The molecule has 0 saturated heterocycles. The fourth-order valence-corrected chi connectivity index (χ4v) is 2.13. The predicted molar refractivity (Wildman–Crippen MR) is 64.4 cm³/mol. The van der Waals surface area contributed by atoms with E-state index in [0.29, 0.717) is 9.90 Å². The Morgan fingerprint density at radius 1 is 1.38 bits per heavy atom. The number of rotatable bonds is 3. The standard InChI is InChI=1S/C11H8ClNO2S/c12-8-3-4-11(15)13(6-8)7-9(14)10-2-1-5-16-10/h1-6H,7H2. The highest BCUT2D eigenvalue weighted by molar-refractivity contribution is 7.12. The highest BCUT2D eigenvalue weighted by Gasteiger charge is 2.08. The smallest absolute Gasteiger partial charge is 0.251 e. The molecule has 0 spiro atoms. The van der Waals surface area contributed by atoms with Crippen LogP contribution in [0.4, 0.5) is 0 Å². The van der Waals surface area contributed by atoms with E-state index >= 15 is 0 Å². The summed E-state index contributed by atoms with van der Waals surface area (Å²) in [6.45, 7) is 0.0277. The number of carbonyl (C=O) groups is 1. The van der Waals surface area contributed by atoms with Gasteiger partial charge in [0, 0.05) is 12.3 Å². The van der Waals surface area contributed by atoms with Crippen molar-refractivity contribution in [2.24, 2.45) is 0 Å². The van der Waals surface area contributed by atoms with Gasteiger partial charge in [0.05, 0.1) is 16.4 Å². The largest absolute Gasteiger partial charge is 0.306 e. The van der Waals surface area contributed by atoms with Gasteiger partial charge in [0.15, 0.2) is 5.78 Å². The molecule has 0 fully saturated rings. The van der Waals surface area contributed by atoms with E-state index in [-0.39, 0.29) is 17.9 Å². The Morgan fingerprint density at radius 3 is 2.88 bits per heavy atom. The molecular formula is C11H8ClNO2S. The van der Waals surface area contributed by atoms with Crippen LogP contribution in [0.25, 0.3) is 0 Å². The molecule has 0 amide bonds. The maximum absolute atomic E-state index is 11.7. The van der Waals surface area contributed by atoms with Crippen LogP contribution in [-0.2, 0) is 6.54 Å². The molecule has 0 radical (unpaired) electrons. The summed E-state index contributed by atoms with van der Waals surface area (Å²) in [4.78, 5) is 23.8. The number of ketones is 1. The van der Waals surface area contributed by atoms with Crippen molar-refractivity contribution in [1.29, 1.82) is 0 Å². The molecule has 0 bridgehead atoms. The zero-order valence-corrected chi connectivity index (χ0v) is 9.79. The second-order valence-electron chi connectivity index (χ2n) is 3.21. The fraction of sp³-hybridized carbons (Fsp3) is 0.0909. The monoisotopic (exact) mass is 253 g/mol. The van der Waals surface area contributed by atoms with Crippen molar-refractivity contribution in [3.05, 3.63) is 56.1 Å². The lowest BCUT2D eigenvalue weighted by molar-refractivity contribution is 0.0975. The van der Waals surface area contributed by atoms with Gasteiger partial charge in [-0.15, -0.1) is 11.3 Å². The van der Waals surface area contributed by atoms with Crippen LogP contribution in [0, 0.1) is 0 Å². The van der Waals surface area contributed by atoms with Crippen LogP contribution in [0.2, 0.25) is 5.02 Å². The third-order valence-electron chi connectivity index (χ3n) is 2.06. The van der Waals surface area contributed by atoms with Gasteiger partial charge in [-0.2, -0.15) is 0 Å². The molecular weight excluding hydrogens is 246 g/mol. The number of aromatic nitrogens is 1. The van der Waals surface area contributed by atoms with Gasteiger partial charge in [-0.3, -0.25) is 9.59 Å². The molecule has 0 saturated carbocycles. The summed E-state index contributed by atoms with van der Waals surface area (Å²) in [6, 6.07) is 6.40. The molecule has 2 rings (SSSR count). The first-order valence-electron chi connectivity index (χ1n) is 4.59. The van der Waals surface area contributed by atoms with E-state index in [4.69, 9.17) is 11.6 Å². The van der Waals surface area contributed by atoms with E-state index in [1.54, 1.807) is 12.1 Å². The molecule has 2 aromatic rings. The SMILES string of the molecule is O=C(Cn1cc(Cl)ccc1=O)c1cccs1. The number of thiophene rings is 1. The quantitative estimate of drug-likeness (QED) is 0.788. The summed E-state index contributed by atoms with van der Waals surface area (Å²) in [5.74, 6) is -0.0839. The second kappa shape index (κ2) is 4.63. The second-order valence-corrected chi connectivity index (χ2v) is 4.60. The molecule has 5 heteroatoms. The highest BCUT2D eigenvalue weighted by Crippen LogP contribution is 2.10. The van der Waals surface area contributed by atoms with E-state index in [1.165, 1.54) is 34.2 Å². The first kappa shape index (κ1) is 11.1. The topological polar surface area (TPSA) is 39.1 Å². The van der Waals surface area contributed by atoms with Gasteiger partial charge in [0.2, 0.25) is 0 Å². The molecule has 0 aliphatic rings. The average Bonchev–Trinajstić information content (AvgIpc) is 2.76. The van der Waals surface area contributed by atoms with E-state index in [2.05, 4.69) is 0 Å². The summed E-state index contributed by atoms with van der Waals surface area (Å²) < 4.78 is 1.31. The first-order valence-corrected chi connectivity index (χ1v) is 5.85. The van der Waals surface area contributed by atoms with Crippen LogP contribution in [0.1, 0.15) is 9.67 Å². The summed E-state index contributed by atoms with van der Waals surface area (Å²) in [6.07, 6.45) is 1.47. The summed E-state index contributed by atoms with van der Waals surface area (Å²) in [7, 11) is 0. The maximum Gasteiger partial charge on any atom is 0.251 e. The van der Waals surface area contributed by atoms with Crippen molar-refractivity contribution in [2.45, 2.75) is 6.54 Å². The number of hydrogen-bond acceptors (Lipinski definition) is 3. The minimum atomic E-state index is -0.227.